The summed E-state index contributed by atoms with van der Waals surface area (Å²) in [5, 5.41) is 3.71. The van der Waals surface area contributed by atoms with E-state index in [-0.39, 0.29) is 17.5 Å². The lowest BCUT2D eigenvalue weighted by Crippen LogP contribution is -2.37. The van der Waals surface area contributed by atoms with Crippen LogP contribution in [0.2, 0.25) is 5.02 Å². The van der Waals surface area contributed by atoms with Crippen molar-refractivity contribution in [2.24, 2.45) is 0 Å². The first kappa shape index (κ1) is 21.5. The summed E-state index contributed by atoms with van der Waals surface area (Å²) in [6, 6.07) is 7.31. The van der Waals surface area contributed by atoms with Gasteiger partial charge in [-0.15, -0.1) is 0 Å². The van der Waals surface area contributed by atoms with E-state index < -0.39 is 0 Å². The van der Waals surface area contributed by atoms with Crippen LogP contribution in [0.5, 0.6) is 0 Å². The largest absolute Gasteiger partial charge is 0.345 e. The lowest BCUT2D eigenvalue weighted by molar-refractivity contribution is 0.0933. The van der Waals surface area contributed by atoms with E-state index in [1.807, 2.05) is 32.0 Å². The minimum absolute atomic E-state index is 0.169. The zero-order valence-corrected chi connectivity index (χ0v) is 18.4. The van der Waals surface area contributed by atoms with Crippen molar-refractivity contribution in [2.45, 2.75) is 46.6 Å². The average Bonchev–Trinajstić information content (AvgIpc) is 2.64. The lowest BCUT2D eigenvalue weighted by atomic mass is 10.0. The smallest absolute Gasteiger partial charge is 0.283 e. The van der Waals surface area contributed by atoms with Crippen molar-refractivity contribution in [2.75, 3.05) is 12.0 Å². The number of hydrogen-bond acceptors (Lipinski definition) is 3. The number of amides is 1. The third-order valence-electron chi connectivity index (χ3n) is 4.50. The number of pyridine rings is 1. The Morgan fingerprint density at radius 3 is 2.59 bits per heavy atom. The van der Waals surface area contributed by atoms with Gasteiger partial charge < -0.3 is 10.7 Å². The zero-order valence-electron chi connectivity index (χ0n) is 16.0. The average molecular weight is 455 g/mol. The molecule has 1 aromatic carbocycles. The fourth-order valence-corrected chi connectivity index (χ4v) is 3.60. The van der Waals surface area contributed by atoms with Crippen molar-refractivity contribution in [3.8, 4) is 0 Å². The van der Waals surface area contributed by atoms with Crippen molar-refractivity contribution in [3.05, 3.63) is 66.5 Å². The summed E-state index contributed by atoms with van der Waals surface area (Å²) in [4.78, 5) is 25.6. The van der Waals surface area contributed by atoms with Gasteiger partial charge in [-0.3, -0.25) is 9.59 Å². The molecule has 2 aromatic rings. The maximum Gasteiger partial charge on any atom is 0.283 e. The van der Waals surface area contributed by atoms with E-state index in [1.54, 1.807) is 19.9 Å². The molecule has 0 spiro atoms. The molecule has 0 aliphatic carbocycles. The maximum atomic E-state index is 13.1. The SMILES string of the molecule is CCCNn1c(C)c(C(=O)N[C@@H](CC)c2cccc(Cl)c2)c(C)c(Br)c1=O. The van der Waals surface area contributed by atoms with Crippen LogP contribution in [0.25, 0.3) is 0 Å². The summed E-state index contributed by atoms with van der Waals surface area (Å²) in [5.41, 5.74) is 5.54. The Morgan fingerprint density at radius 2 is 2.00 bits per heavy atom. The number of hydrogen-bond donors (Lipinski definition) is 2. The number of rotatable bonds is 7. The summed E-state index contributed by atoms with van der Waals surface area (Å²) in [6.45, 7) is 8.21. The van der Waals surface area contributed by atoms with Crippen molar-refractivity contribution in [1.82, 2.24) is 9.99 Å². The van der Waals surface area contributed by atoms with E-state index in [2.05, 4.69) is 26.7 Å². The molecule has 1 amide bonds. The van der Waals surface area contributed by atoms with Gasteiger partial charge in [-0.2, -0.15) is 0 Å². The molecule has 0 radical (unpaired) electrons. The molecule has 0 bridgehead atoms. The molecule has 146 valence electrons. The minimum atomic E-state index is -0.218. The second kappa shape index (κ2) is 9.42. The summed E-state index contributed by atoms with van der Waals surface area (Å²) >= 11 is 9.43. The van der Waals surface area contributed by atoms with Crippen LogP contribution in [0, 0.1) is 13.8 Å². The zero-order chi connectivity index (χ0) is 20.1. The highest BCUT2D eigenvalue weighted by Crippen LogP contribution is 2.23. The molecule has 5 nitrogen and oxygen atoms in total. The number of halogens is 2. The van der Waals surface area contributed by atoms with Crippen LogP contribution in [0.1, 0.15) is 59.9 Å². The lowest BCUT2D eigenvalue weighted by Gasteiger charge is -2.22. The van der Waals surface area contributed by atoms with Gasteiger partial charge in [0.15, 0.2) is 0 Å². The highest BCUT2D eigenvalue weighted by Gasteiger charge is 2.23. The minimum Gasteiger partial charge on any atom is -0.345 e. The monoisotopic (exact) mass is 453 g/mol. The van der Waals surface area contributed by atoms with Gasteiger partial charge in [0.2, 0.25) is 0 Å². The van der Waals surface area contributed by atoms with E-state index in [4.69, 9.17) is 11.6 Å². The molecule has 27 heavy (non-hydrogen) atoms. The van der Waals surface area contributed by atoms with Crippen LogP contribution in [0.3, 0.4) is 0 Å². The first-order chi connectivity index (χ1) is 12.8. The fraction of sp³-hybridized carbons (Fsp3) is 0.400. The molecule has 0 fully saturated rings. The highest BCUT2D eigenvalue weighted by atomic mass is 79.9. The number of carbonyl (C=O) groups excluding carboxylic acids is 1. The van der Waals surface area contributed by atoms with Crippen LogP contribution < -0.4 is 16.3 Å². The molecule has 7 heteroatoms. The molecule has 1 heterocycles. The molecule has 1 atom stereocenters. The number of nitrogens with zero attached hydrogens (tertiary/aromatic N) is 1. The normalized spacial score (nSPS) is 11.9. The number of benzene rings is 1. The molecule has 0 aliphatic rings. The topological polar surface area (TPSA) is 63.1 Å². The van der Waals surface area contributed by atoms with Crippen molar-refractivity contribution in [1.29, 1.82) is 0 Å². The molecule has 0 saturated carbocycles. The van der Waals surface area contributed by atoms with Gasteiger partial charge in [0.1, 0.15) is 0 Å². The second-order valence-corrected chi connectivity index (χ2v) is 7.67. The van der Waals surface area contributed by atoms with Crippen LogP contribution in [0.4, 0.5) is 0 Å². The predicted octanol–water partition coefficient (Wildman–Crippen LogP) is 4.72. The van der Waals surface area contributed by atoms with Crippen molar-refractivity contribution in [3.63, 3.8) is 0 Å². The predicted molar refractivity (Wildman–Crippen MR) is 114 cm³/mol. The van der Waals surface area contributed by atoms with Gasteiger partial charge in [0.25, 0.3) is 11.5 Å². The quantitative estimate of drug-likeness (QED) is 0.636. The van der Waals surface area contributed by atoms with Crippen molar-refractivity contribution < 1.29 is 4.79 Å². The van der Waals surface area contributed by atoms with Gasteiger partial charge in [0.05, 0.1) is 21.8 Å². The van der Waals surface area contributed by atoms with Gasteiger partial charge in [-0.05, 0) is 65.9 Å². The van der Waals surface area contributed by atoms with Crippen LogP contribution >= 0.6 is 27.5 Å². The van der Waals surface area contributed by atoms with Crippen molar-refractivity contribution >= 4 is 33.4 Å². The molecule has 0 saturated heterocycles. The number of nitrogens with one attached hydrogen (secondary N) is 2. The number of carbonyl (C=O) groups is 1. The Balaban J connectivity index is 2.42. The Hall–Kier alpha value is -1.79. The van der Waals surface area contributed by atoms with E-state index in [0.717, 1.165) is 18.4 Å². The van der Waals surface area contributed by atoms with Gasteiger partial charge in [-0.1, -0.05) is 37.6 Å². The molecule has 0 aliphatic heterocycles. The van der Waals surface area contributed by atoms with Crippen LogP contribution in [0.15, 0.2) is 33.5 Å². The summed E-state index contributed by atoms with van der Waals surface area (Å²) in [6.07, 6.45) is 1.59. The third-order valence-corrected chi connectivity index (χ3v) is 5.67. The van der Waals surface area contributed by atoms with E-state index >= 15 is 0 Å². The Morgan fingerprint density at radius 1 is 1.30 bits per heavy atom. The molecular weight excluding hydrogens is 430 g/mol. The summed E-state index contributed by atoms with van der Waals surface area (Å²) in [7, 11) is 0. The van der Waals surface area contributed by atoms with E-state index in [1.165, 1.54) is 4.68 Å². The van der Waals surface area contributed by atoms with E-state index in [0.29, 0.717) is 32.9 Å². The fourth-order valence-electron chi connectivity index (χ4n) is 3.03. The third kappa shape index (κ3) is 4.74. The van der Waals surface area contributed by atoms with Gasteiger partial charge in [0, 0.05) is 11.6 Å². The molecule has 1 aromatic heterocycles. The van der Waals surface area contributed by atoms with Crippen LogP contribution in [-0.4, -0.2) is 17.1 Å². The van der Waals surface area contributed by atoms with Gasteiger partial charge in [-0.25, -0.2) is 4.68 Å². The number of aromatic nitrogens is 1. The Bertz CT molecular complexity index is 896. The highest BCUT2D eigenvalue weighted by molar-refractivity contribution is 9.10. The Labute approximate surface area is 173 Å². The summed E-state index contributed by atoms with van der Waals surface area (Å²) < 4.78 is 1.83. The maximum absolute atomic E-state index is 13.1. The molecule has 2 rings (SSSR count). The van der Waals surface area contributed by atoms with Gasteiger partial charge >= 0.3 is 0 Å². The first-order valence-corrected chi connectivity index (χ1v) is 10.2. The van der Waals surface area contributed by atoms with E-state index in [9.17, 15) is 9.59 Å². The Kier molecular flexibility index (Phi) is 7.50. The summed E-state index contributed by atoms with van der Waals surface area (Å²) in [5.74, 6) is -0.218. The molecule has 2 N–H and O–H groups in total. The second-order valence-electron chi connectivity index (χ2n) is 6.44. The standard InChI is InChI=1S/C20H25BrClN3O2/c1-5-10-23-25-13(4)17(12(3)18(21)20(25)27)19(26)24-16(6-2)14-8-7-9-15(22)11-14/h7-9,11,16,23H,5-6,10H2,1-4H3,(H,24,26)/t16-/m0/s1. The molecule has 0 unspecified atom stereocenters. The molecular formula is C20H25BrClN3O2. The van der Waals surface area contributed by atoms with Crippen LogP contribution in [-0.2, 0) is 0 Å². The first-order valence-electron chi connectivity index (χ1n) is 9.03.